The zero-order chi connectivity index (χ0) is 19.9. The quantitative estimate of drug-likeness (QED) is 0.340. The Morgan fingerprint density at radius 2 is 1.78 bits per heavy atom. The van der Waals surface area contributed by atoms with Crippen LogP contribution in [-0.2, 0) is 21.2 Å². The zero-order valence-corrected chi connectivity index (χ0v) is 16.5. The third-order valence-electron chi connectivity index (χ3n) is 3.52. The van der Waals surface area contributed by atoms with Crippen molar-refractivity contribution in [3.05, 3.63) is 70.3 Å². The Labute approximate surface area is 166 Å². The Balaban J connectivity index is 1.91. The highest BCUT2D eigenvalue weighted by molar-refractivity contribution is 9.10. The lowest BCUT2D eigenvalue weighted by molar-refractivity contribution is -0.112. The van der Waals surface area contributed by atoms with E-state index in [4.69, 9.17) is 10.4 Å². The lowest BCUT2D eigenvalue weighted by Gasteiger charge is -2.06. The first-order valence-corrected chi connectivity index (χ1v) is 10.2. The predicted molar refractivity (Wildman–Crippen MR) is 106 cm³/mol. The van der Waals surface area contributed by atoms with Crippen molar-refractivity contribution in [2.45, 2.75) is 11.3 Å². The van der Waals surface area contributed by atoms with Gasteiger partial charge < -0.3 is 10.6 Å². The summed E-state index contributed by atoms with van der Waals surface area (Å²) in [5.74, 6) is -0.600. The van der Waals surface area contributed by atoms with E-state index in [2.05, 4.69) is 26.6 Å². The molecule has 2 aromatic carbocycles. The molecular weight excluding hydrogens is 432 g/mol. The van der Waals surface area contributed by atoms with Crippen molar-refractivity contribution in [3.63, 3.8) is 0 Å². The molecule has 27 heavy (non-hydrogen) atoms. The molecule has 0 spiro atoms. The van der Waals surface area contributed by atoms with Crippen LogP contribution in [0.15, 0.2) is 69.7 Å². The molecule has 2 aromatic rings. The smallest absolute Gasteiger partial charge is 0.267 e. The number of primary sulfonamides is 1. The molecule has 140 valence electrons. The van der Waals surface area contributed by atoms with Crippen molar-refractivity contribution in [1.29, 1.82) is 5.26 Å². The van der Waals surface area contributed by atoms with Crippen LogP contribution in [0.25, 0.3) is 0 Å². The average molecular weight is 449 g/mol. The van der Waals surface area contributed by atoms with E-state index in [-0.39, 0.29) is 10.5 Å². The van der Waals surface area contributed by atoms with Crippen LogP contribution in [0.5, 0.6) is 0 Å². The molecule has 0 saturated carbocycles. The number of hydrogen-bond acceptors (Lipinski definition) is 5. The third kappa shape index (κ3) is 6.53. The standard InChI is InChI=1S/C18H17BrN4O3S/c19-15-3-1-13(2-4-15)9-10-22-12-14(11-20)18(24)23-16-5-7-17(8-6-16)27(21,25)26/h1-8,12,22H,9-10H2,(H,23,24)(H2,21,25,26)/b14-12-. The van der Waals surface area contributed by atoms with Crippen LogP contribution in [-0.4, -0.2) is 20.9 Å². The summed E-state index contributed by atoms with van der Waals surface area (Å²) in [5.41, 5.74) is 1.38. The molecule has 9 heteroatoms. The van der Waals surface area contributed by atoms with E-state index >= 15 is 0 Å². The molecule has 4 N–H and O–H groups in total. The normalized spacial score (nSPS) is 11.5. The number of sulfonamides is 1. The molecule has 0 radical (unpaired) electrons. The first kappa shape index (κ1) is 20.6. The first-order valence-electron chi connectivity index (χ1n) is 7.82. The Kier molecular flexibility index (Phi) is 7.12. The molecule has 7 nitrogen and oxygen atoms in total. The second-order valence-corrected chi connectivity index (χ2v) is 8.00. The highest BCUT2D eigenvalue weighted by atomic mass is 79.9. The fraction of sp³-hybridized carbons (Fsp3) is 0.111. The van der Waals surface area contributed by atoms with Crippen LogP contribution >= 0.6 is 15.9 Å². The van der Waals surface area contributed by atoms with Gasteiger partial charge in [0.05, 0.1) is 4.90 Å². The van der Waals surface area contributed by atoms with E-state index in [1.54, 1.807) is 0 Å². The molecule has 0 aliphatic carbocycles. The molecule has 0 aliphatic heterocycles. The van der Waals surface area contributed by atoms with Gasteiger partial charge in [0, 0.05) is 22.9 Å². The van der Waals surface area contributed by atoms with Gasteiger partial charge in [0.2, 0.25) is 10.0 Å². The van der Waals surface area contributed by atoms with Gasteiger partial charge in [0.1, 0.15) is 11.6 Å². The molecule has 0 aromatic heterocycles. The van der Waals surface area contributed by atoms with Gasteiger partial charge in [-0.05, 0) is 48.4 Å². The van der Waals surface area contributed by atoms with Gasteiger partial charge in [0.15, 0.2) is 0 Å². The van der Waals surface area contributed by atoms with Crippen LogP contribution in [0.2, 0.25) is 0 Å². The summed E-state index contributed by atoms with van der Waals surface area (Å²) in [7, 11) is -3.80. The van der Waals surface area contributed by atoms with Crippen LogP contribution in [0.1, 0.15) is 5.56 Å². The van der Waals surface area contributed by atoms with Crippen molar-refractivity contribution in [3.8, 4) is 6.07 Å². The van der Waals surface area contributed by atoms with Crippen molar-refractivity contribution < 1.29 is 13.2 Å². The summed E-state index contributed by atoms with van der Waals surface area (Å²) in [6.45, 7) is 0.559. The van der Waals surface area contributed by atoms with Gasteiger partial charge in [-0.1, -0.05) is 28.1 Å². The average Bonchev–Trinajstić information content (AvgIpc) is 2.63. The third-order valence-corrected chi connectivity index (χ3v) is 4.98. The van der Waals surface area contributed by atoms with Gasteiger partial charge in [0.25, 0.3) is 5.91 Å². The molecule has 0 unspecified atom stereocenters. The SMILES string of the molecule is N#C/C(=C/NCCc1ccc(Br)cc1)C(=O)Nc1ccc(S(N)(=O)=O)cc1. The maximum absolute atomic E-state index is 12.1. The number of nitriles is 1. The minimum absolute atomic E-state index is 0.0637. The number of benzene rings is 2. The van der Waals surface area contributed by atoms with E-state index < -0.39 is 15.9 Å². The van der Waals surface area contributed by atoms with Gasteiger partial charge in [-0.15, -0.1) is 0 Å². The summed E-state index contributed by atoms with van der Waals surface area (Å²) in [5, 5.41) is 19.6. The van der Waals surface area contributed by atoms with E-state index in [1.807, 2.05) is 30.3 Å². The van der Waals surface area contributed by atoms with E-state index in [0.717, 1.165) is 16.5 Å². The predicted octanol–water partition coefficient (Wildman–Crippen LogP) is 2.27. The number of carbonyl (C=O) groups excluding carboxylic acids is 1. The van der Waals surface area contributed by atoms with Gasteiger partial charge >= 0.3 is 0 Å². The Morgan fingerprint density at radius 1 is 1.15 bits per heavy atom. The van der Waals surface area contributed by atoms with Gasteiger partial charge in [-0.25, -0.2) is 13.6 Å². The number of hydrogen-bond donors (Lipinski definition) is 3. The Bertz CT molecular complexity index is 979. The molecule has 2 rings (SSSR count). The summed E-state index contributed by atoms with van der Waals surface area (Å²) >= 11 is 3.37. The maximum Gasteiger partial charge on any atom is 0.267 e. The Hall–Kier alpha value is -2.67. The number of carbonyl (C=O) groups is 1. The van der Waals surface area contributed by atoms with Crippen molar-refractivity contribution in [2.75, 3.05) is 11.9 Å². The molecule has 1 amide bonds. The molecule has 0 fully saturated rings. The number of halogens is 1. The lowest BCUT2D eigenvalue weighted by atomic mass is 10.1. The number of nitrogens with two attached hydrogens (primary N) is 1. The highest BCUT2D eigenvalue weighted by Gasteiger charge is 2.11. The second-order valence-electron chi connectivity index (χ2n) is 5.52. The lowest BCUT2D eigenvalue weighted by Crippen LogP contribution is -2.18. The second kappa shape index (κ2) is 9.32. The number of rotatable bonds is 7. The van der Waals surface area contributed by atoms with Crippen LogP contribution in [0.4, 0.5) is 5.69 Å². The van der Waals surface area contributed by atoms with Crippen LogP contribution < -0.4 is 15.8 Å². The van der Waals surface area contributed by atoms with E-state index in [0.29, 0.717) is 12.2 Å². The summed E-state index contributed by atoms with van der Waals surface area (Å²) in [6.07, 6.45) is 2.09. The fourth-order valence-electron chi connectivity index (χ4n) is 2.12. The molecule has 0 bridgehead atoms. The molecular formula is C18H17BrN4O3S. The first-order chi connectivity index (χ1) is 12.8. The number of nitrogens with zero attached hydrogens (tertiary/aromatic N) is 1. The molecule has 0 aliphatic rings. The molecule has 0 heterocycles. The van der Waals surface area contributed by atoms with Gasteiger partial charge in [-0.2, -0.15) is 5.26 Å². The summed E-state index contributed by atoms with van der Waals surface area (Å²) in [6, 6.07) is 15.0. The minimum Gasteiger partial charge on any atom is -0.389 e. The van der Waals surface area contributed by atoms with Crippen molar-refractivity contribution >= 4 is 37.5 Å². The number of nitrogens with one attached hydrogen (secondary N) is 2. The van der Waals surface area contributed by atoms with Gasteiger partial charge in [-0.3, -0.25) is 4.79 Å². The minimum atomic E-state index is -3.80. The largest absolute Gasteiger partial charge is 0.389 e. The Morgan fingerprint density at radius 3 is 2.33 bits per heavy atom. The number of anilines is 1. The van der Waals surface area contributed by atoms with Crippen molar-refractivity contribution in [2.24, 2.45) is 5.14 Å². The fourth-order valence-corrected chi connectivity index (χ4v) is 2.90. The topological polar surface area (TPSA) is 125 Å². The molecule has 0 saturated heterocycles. The number of amides is 1. The van der Waals surface area contributed by atoms with E-state index in [9.17, 15) is 13.2 Å². The summed E-state index contributed by atoms with van der Waals surface area (Å²) < 4.78 is 23.4. The monoisotopic (exact) mass is 448 g/mol. The van der Waals surface area contributed by atoms with Crippen LogP contribution in [0, 0.1) is 11.3 Å². The zero-order valence-electron chi connectivity index (χ0n) is 14.1. The van der Waals surface area contributed by atoms with E-state index in [1.165, 1.54) is 30.5 Å². The molecule has 0 atom stereocenters. The summed E-state index contributed by atoms with van der Waals surface area (Å²) in [4.78, 5) is 12.1. The van der Waals surface area contributed by atoms with Crippen molar-refractivity contribution in [1.82, 2.24) is 5.32 Å². The van der Waals surface area contributed by atoms with Crippen LogP contribution in [0.3, 0.4) is 0 Å². The highest BCUT2D eigenvalue weighted by Crippen LogP contribution is 2.13. The maximum atomic E-state index is 12.1.